The molecular formula is C14H14F3NO3. The van der Waals surface area contributed by atoms with Crippen LogP contribution < -0.4 is 5.32 Å². The number of halogens is 3. The van der Waals surface area contributed by atoms with Crippen molar-refractivity contribution in [2.45, 2.75) is 31.7 Å². The zero-order chi connectivity index (χ0) is 15.6. The van der Waals surface area contributed by atoms with Gasteiger partial charge in [-0.05, 0) is 12.8 Å². The van der Waals surface area contributed by atoms with Crippen LogP contribution in [0.5, 0.6) is 0 Å². The molecule has 1 amide bonds. The van der Waals surface area contributed by atoms with E-state index in [0.717, 1.165) is 12.8 Å². The Kier molecular flexibility index (Phi) is 4.50. The molecule has 114 valence electrons. The highest BCUT2D eigenvalue weighted by Gasteiger charge is 2.33. The molecule has 0 heterocycles. The second kappa shape index (κ2) is 6.15. The van der Waals surface area contributed by atoms with E-state index in [1.165, 1.54) is 0 Å². The predicted octanol–water partition coefficient (Wildman–Crippen LogP) is 2.48. The van der Waals surface area contributed by atoms with Crippen LogP contribution >= 0.6 is 0 Å². The van der Waals surface area contributed by atoms with Gasteiger partial charge in [-0.1, -0.05) is 12.8 Å². The molecule has 1 aromatic rings. The lowest BCUT2D eigenvalue weighted by Gasteiger charge is -2.29. The van der Waals surface area contributed by atoms with E-state index >= 15 is 0 Å². The molecule has 2 N–H and O–H groups in total. The molecule has 0 saturated heterocycles. The lowest BCUT2D eigenvalue weighted by Crippen LogP contribution is -2.45. The van der Waals surface area contributed by atoms with Gasteiger partial charge in [0.15, 0.2) is 0 Å². The number of amides is 1. The van der Waals surface area contributed by atoms with Crippen molar-refractivity contribution in [3.8, 4) is 0 Å². The Morgan fingerprint density at radius 1 is 1.10 bits per heavy atom. The molecule has 7 heteroatoms. The summed E-state index contributed by atoms with van der Waals surface area (Å²) in [5, 5.41) is 11.4. The first kappa shape index (κ1) is 15.3. The maximum absolute atomic E-state index is 13.5. The van der Waals surface area contributed by atoms with Crippen LogP contribution in [0.4, 0.5) is 13.2 Å². The maximum atomic E-state index is 13.5. The summed E-state index contributed by atoms with van der Waals surface area (Å²) in [5.74, 6) is -6.65. The summed E-state index contributed by atoms with van der Waals surface area (Å²) in [6.07, 6.45) is 2.27. The predicted molar refractivity (Wildman–Crippen MR) is 67.2 cm³/mol. The van der Waals surface area contributed by atoms with Gasteiger partial charge in [0, 0.05) is 18.2 Å². The average Bonchev–Trinajstić information content (AvgIpc) is 2.37. The van der Waals surface area contributed by atoms with Crippen molar-refractivity contribution in [3.05, 3.63) is 35.1 Å². The lowest BCUT2D eigenvalue weighted by atomic mass is 9.84. The van der Waals surface area contributed by atoms with Gasteiger partial charge in [-0.3, -0.25) is 9.59 Å². The minimum atomic E-state index is -1.31. The highest BCUT2D eigenvalue weighted by atomic mass is 19.1. The monoisotopic (exact) mass is 301 g/mol. The van der Waals surface area contributed by atoms with Crippen molar-refractivity contribution in [3.63, 3.8) is 0 Å². The van der Waals surface area contributed by atoms with Crippen molar-refractivity contribution in [2.75, 3.05) is 0 Å². The van der Waals surface area contributed by atoms with Crippen LogP contribution in [-0.4, -0.2) is 23.0 Å². The van der Waals surface area contributed by atoms with Gasteiger partial charge in [0.1, 0.15) is 23.0 Å². The maximum Gasteiger partial charge on any atom is 0.308 e. The smallest absolute Gasteiger partial charge is 0.308 e. The summed E-state index contributed by atoms with van der Waals surface area (Å²) >= 11 is 0. The zero-order valence-corrected chi connectivity index (χ0v) is 11.0. The van der Waals surface area contributed by atoms with Gasteiger partial charge in [-0.2, -0.15) is 0 Å². The molecule has 1 fully saturated rings. The molecular weight excluding hydrogens is 287 g/mol. The zero-order valence-electron chi connectivity index (χ0n) is 11.0. The number of hydrogen-bond donors (Lipinski definition) is 2. The van der Waals surface area contributed by atoms with E-state index in [0.29, 0.717) is 25.0 Å². The van der Waals surface area contributed by atoms with Crippen molar-refractivity contribution < 1.29 is 27.9 Å². The van der Waals surface area contributed by atoms with Crippen LogP contribution in [0.3, 0.4) is 0 Å². The minimum absolute atomic E-state index is 0.397. The fourth-order valence-corrected chi connectivity index (χ4v) is 2.60. The Bertz CT molecular complexity index is 554. The SMILES string of the molecule is O=C(NC1CCCCC1C(=O)O)c1c(F)cc(F)cc1F. The average molecular weight is 301 g/mol. The largest absolute Gasteiger partial charge is 0.481 e. The number of carbonyl (C=O) groups excluding carboxylic acids is 1. The first-order chi connectivity index (χ1) is 9.90. The van der Waals surface area contributed by atoms with Crippen LogP contribution in [0, 0.1) is 23.4 Å². The normalized spacial score (nSPS) is 21.9. The summed E-state index contributed by atoms with van der Waals surface area (Å²) in [6, 6.07) is 0.133. The van der Waals surface area contributed by atoms with Gasteiger partial charge < -0.3 is 10.4 Å². The number of rotatable bonds is 3. The molecule has 1 aromatic carbocycles. The highest BCUT2D eigenvalue weighted by Crippen LogP contribution is 2.25. The van der Waals surface area contributed by atoms with E-state index in [1.54, 1.807) is 0 Å². The van der Waals surface area contributed by atoms with E-state index in [2.05, 4.69) is 5.32 Å². The molecule has 0 aromatic heterocycles. The van der Waals surface area contributed by atoms with Crippen molar-refractivity contribution in [2.24, 2.45) is 5.92 Å². The van der Waals surface area contributed by atoms with Gasteiger partial charge in [-0.25, -0.2) is 13.2 Å². The first-order valence-electron chi connectivity index (χ1n) is 6.58. The number of nitrogens with one attached hydrogen (secondary N) is 1. The summed E-state index contributed by atoms with van der Waals surface area (Å²) in [5.41, 5.74) is -0.897. The van der Waals surface area contributed by atoms with Gasteiger partial charge >= 0.3 is 5.97 Å². The first-order valence-corrected chi connectivity index (χ1v) is 6.58. The summed E-state index contributed by atoms with van der Waals surface area (Å²) in [7, 11) is 0. The summed E-state index contributed by atoms with van der Waals surface area (Å²) < 4.78 is 39.8. The second-order valence-electron chi connectivity index (χ2n) is 5.05. The number of carboxylic acids is 1. The molecule has 1 saturated carbocycles. The van der Waals surface area contributed by atoms with Gasteiger partial charge in [0.2, 0.25) is 0 Å². The topological polar surface area (TPSA) is 66.4 Å². The molecule has 0 radical (unpaired) electrons. The number of carboxylic acid groups (broad SMARTS) is 1. The third-order valence-corrected chi connectivity index (χ3v) is 3.63. The molecule has 0 aliphatic heterocycles. The highest BCUT2D eigenvalue weighted by molar-refractivity contribution is 5.95. The third-order valence-electron chi connectivity index (χ3n) is 3.63. The number of aliphatic carboxylic acids is 1. The number of carbonyl (C=O) groups is 2. The molecule has 2 atom stereocenters. The minimum Gasteiger partial charge on any atom is -0.481 e. The van der Waals surface area contributed by atoms with Gasteiger partial charge in [-0.15, -0.1) is 0 Å². The Hall–Kier alpha value is -2.05. The van der Waals surface area contributed by atoms with Crippen molar-refractivity contribution >= 4 is 11.9 Å². The van der Waals surface area contributed by atoms with E-state index in [-0.39, 0.29) is 0 Å². The van der Waals surface area contributed by atoms with Crippen LogP contribution in [0.25, 0.3) is 0 Å². The van der Waals surface area contributed by atoms with Gasteiger partial charge in [0.25, 0.3) is 5.91 Å². The van der Waals surface area contributed by atoms with Crippen LogP contribution in [-0.2, 0) is 4.79 Å². The Morgan fingerprint density at radius 3 is 2.24 bits per heavy atom. The van der Waals surface area contributed by atoms with Gasteiger partial charge in [0.05, 0.1) is 5.92 Å². The van der Waals surface area contributed by atoms with Crippen LogP contribution in [0.2, 0.25) is 0 Å². The quantitative estimate of drug-likeness (QED) is 0.901. The fraction of sp³-hybridized carbons (Fsp3) is 0.429. The van der Waals surface area contributed by atoms with Crippen molar-refractivity contribution in [1.29, 1.82) is 0 Å². The Morgan fingerprint density at radius 2 is 1.67 bits per heavy atom. The molecule has 0 bridgehead atoms. The van der Waals surface area contributed by atoms with E-state index in [1.807, 2.05) is 0 Å². The molecule has 4 nitrogen and oxygen atoms in total. The lowest BCUT2D eigenvalue weighted by molar-refractivity contribution is -0.143. The molecule has 0 spiro atoms. The third kappa shape index (κ3) is 3.34. The second-order valence-corrected chi connectivity index (χ2v) is 5.05. The standard InChI is InChI=1S/C14H14F3NO3/c15-7-5-9(16)12(10(17)6-7)13(19)18-11-4-2-1-3-8(11)14(20)21/h5-6,8,11H,1-4H2,(H,18,19)(H,20,21). The molecule has 2 rings (SSSR count). The van der Waals surface area contributed by atoms with E-state index < -0.39 is 46.9 Å². The molecule has 1 aliphatic carbocycles. The van der Waals surface area contributed by atoms with Crippen LogP contribution in [0.15, 0.2) is 12.1 Å². The van der Waals surface area contributed by atoms with Crippen LogP contribution in [0.1, 0.15) is 36.0 Å². The van der Waals surface area contributed by atoms with Crippen molar-refractivity contribution in [1.82, 2.24) is 5.32 Å². The molecule has 2 unspecified atom stereocenters. The fourth-order valence-electron chi connectivity index (χ4n) is 2.60. The molecule has 1 aliphatic rings. The summed E-state index contributed by atoms with van der Waals surface area (Å²) in [6.45, 7) is 0. The van der Waals surface area contributed by atoms with E-state index in [4.69, 9.17) is 5.11 Å². The molecule has 21 heavy (non-hydrogen) atoms. The summed E-state index contributed by atoms with van der Waals surface area (Å²) in [4.78, 5) is 23.0. The van der Waals surface area contributed by atoms with E-state index in [9.17, 15) is 22.8 Å². The Balaban J connectivity index is 2.19. The number of benzene rings is 1. The Labute approximate surface area is 119 Å². The number of hydrogen-bond acceptors (Lipinski definition) is 2.